The molecular formula is C18H33N2O11P. The Morgan fingerprint density at radius 2 is 1.78 bits per heavy atom. The maximum atomic E-state index is 12.4. The van der Waals surface area contributed by atoms with Gasteiger partial charge in [-0.05, 0) is 0 Å². The first-order valence-corrected chi connectivity index (χ1v) is 11.6. The zero-order chi connectivity index (χ0) is 24.6. The Morgan fingerprint density at radius 3 is 2.38 bits per heavy atom. The Bertz CT molecular complexity index is 695. The van der Waals surface area contributed by atoms with E-state index in [-0.39, 0.29) is 32.7 Å². The normalized spacial score (nSPS) is 20.5. The summed E-state index contributed by atoms with van der Waals surface area (Å²) in [7, 11) is -4.30. The van der Waals surface area contributed by atoms with Gasteiger partial charge in [-0.15, -0.1) is 0 Å². The number of nitrogens with one attached hydrogen (secondary N) is 2. The van der Waals surface area contributed by atoms with Crippen molar-refractivity contribution < 1.29 is 52.2 Å². The van der Waals surface area contributed by atoms with Crippen LogP contribution in [0.3, 0.4) is 0 Å². The van der Waals surface area contributed by atoms with Crippen LogP contribution in [-0.2, 0) is 37.4 Å². The van der Waals surface area contributed by atoms with Crippen molar-refractivity contribution in [2.75, 3.05) is 33.1 Å². The molecule has 2 amide bonds. The topological polar surface area (TPSA) is 179 Å². The second-order valence-electron chi connectivity index (χ2n) is 8.74. The fraction of sp³-hybridized carbons (Fsp3) is 0.778. The van der Waals surface area contributed by atoms with Crippen LogP contribution in [-0.4, -0.2) is 73.1 Å². The predicted octanol–water partition coefficient (Wildman–Crippen LogP) is 0.711. The summed E-state index contributed by atoms with van der Waals surface area (Å²) in [5.41, 5.74) is -1.49. The van der Waals surface area contributed by atoms with E-state index in [4.69, 9.17) is 28.2 Å². The standard InChI is InChI=1S/C18H33N2O11P/c1-17(2,3)15(24)27-9-8-20-16(25)28-11-30-32(26)29-10-18(4,5)13(31-32)14(23)19-7-6-12(21)22/h13,26,32H,6-11H2,1-5H3,(H,19,23)(H,20,25)(H,21,22)/t13-/m0/s1. The molecule has 0 spiro atoms. The number of rotatable bonds is 10. The van der Waals surface area contributed by atoms with Crippen molar-refractivity contribution in [3.05, 3.63) is 0 Å². The summed E-state index contributed by atoms with van der Waals surface area (Å²) in [6.07, 6.45) is -2.34. The number of carbonyl (C=O) groups is 4. The Labute approximate surface area is 186 Å². The number of aliphatic carboxylic acids is 1. The number of hydrogen-bond acceptors (Lipinski definition) is 10. The second kappa shape index (κ2) is 11.7. The number of carbonyl (C=O) groups excluding carboxylic acids is 3. The fourth-order valence-corrected chi connectivity index (χ4v) is 3.99. The van der Waals surface area contributed by atoms with Gasteiger partial charge in [-0.2, -0.15) is 0 Å². The van der Waals surface area contributed by atoms with E-state index < -0.39 is 55.8 Å². The number of carboxylic acids is 1. The van der Waals surface area contributed by atoms with Crippen molar-refractivity contribution in [3.63, 3.8) is 0 Å². The predicted molar refractivity (Wildman–Crippen MR) is 111 cm³/mol. The van der Waals surface area contributed by atoms with Crippen LogP contribution in [0.15, 0.2) is 0 Å². The summed E-state index contributed by atoms with van der Waals surface area (Å²) in [5.74, 6) is -2.12. The van der Waals surface area contributed by atoms with Gasteiger partial charge in [-0.25, -0.2) is 0 Å². The molecule has 32 heavy (non-hydrogen) atoms. The first-order valence-electron chi connectivity index (χ1n) is 9.92. The Morgan fingerprint density at radius 1 is 1.12 bits per heavy atom. The number of alkyl carbamates (subject to hydrolysis) is 1. The van der Waals surface area contributed by atoms with E-state index >= 15 is 0 Å². The van der Waals surface area contributed by atoms with Crippen LogP contribution in [0, 0.1) is 10.8 Å². The van der Waals surface area contributed by atoms with E-state index in [1.807, 2.05) is 0 Å². The van der Waals surface area contributed by atoms with Crippen LogP contribution in [0.5, 0.6) is 0 Å². The van der Waals surface area contributed by atoms with Gasteiger partial charge < -0.3 is 0 Å². The van der Waals surface area contributed by atoms with E-state index in [0.717, 1.165) is 0 Å². The fourth-order valence-electron chi connectivity index (χ4n) is 2.29. The summed E-state index contributed by atoms with van der Waals surface area (Å²) in [6.45, 7) is 7.46. The van der Waals surface area contributed by atoms with Crippen molar-refractivity contribution in [2.45, 2.75) is 47.1 Å². The summed E-state index contributed by atoms with van der Waals surface area (Å²) in [4.78, 5) is 56.7. The summed E-state index contributed by atoms with van der Waals surface area (Å²) >= 11 is 0. The molecule has 0 unspecified atom stereocenters. The van der Waals surface area contributed by atoms with Crippen LogP contribution in [0.2, 0.25) is 0 Å². The van der Waals surface area contributed by atoms with Gasteiger partial charge in [0.25, 0.3) is 0 Å². The number of esters is 1. The average Bonchev–Trinajstić information content (AvgIpc) is 2.66. The van der Waals surface area contributed by atoms with Crippen LogP contribution in [0.4, 0.5) is 4.79 Å². The van der Waals surface area contributed by atoms with Gasteiger partial charge in [0.05, 0.1) is 0 Å². The molecular weight excluding hydrogens is 451 g/mol. The zero-order valence-electron chi connectivity index (χ0n) is 18.9. The monoisotopic (exact) mass is 484 g/mol. The van der Waals surface area contributed by atoms with E-state index in [1.54, 1.807) is 34.6 Å². The van der Waals surface area contributed by atoms with Gasteiger partial charge in [0.2, 0.25) is 0 Å². The van der Waals surface area contributed by atoms with Gasteiger partial charge in [0.1, 0.15) is 0 Å². The third-order valence-corrected chi connectivity index (χ3v) is 5.65. The number of hydrogen-bond donors (Lipinski definition) is 4. The quantitative estimate of drug-likeness (QED) is 0.148. The summed E-state index contributed by atoms with van der Waals surface area (Å²) < 4.78 is 25.4. The summed E-state index contributed by atoms with van der Waals surface area (Å²) in [5, 5.41) is 13.4. The maximum absolute atomic E-state index is 12.4. The zero-order valence-corrected chi connectivity index (χ0v) is 19.9. The Hall–Kier alpha value is -2.05. The minimum absolute atomic E-state index is 0.00211. The molecule has 1 atom stereocenters. The number of ether oxygens (including phenoxy) is 2. The molecule has 4 N–H and O–H groups in total. The molecule has 0 aromatic rings. The van der Waals surface area contributed by atoms with Crippen molar-refractivity contribution in [1.82, 2.24) is 10.6 Å². The molecule has 0 bridgehead atoms. The molecule has 1 heterocycles. The van der Waals surface area contributed by atoms with Gasteiger partial charge in [0.15, 0.2) is 0 Å². The SMILES string of the molecule is CC(C)(C)C(=O)OCCNC(=O)OCO[PH]1(O)OCC(C)(C)[C@H](C(=O)NCCC(=O)O)O1. The summed E-state index contributed by atoms with van der Waals surface area (Å²) in [6, 6.07) is 0. The molecule has 1 fully saturated rings. The molecule has 1 aliphatic heterocycles. The van der Waals surface area contributed by atoms with Crippen molar-refractivity contribution >= 4 is 32.1 Å². The van der Waals surface area contributed by atoms with E-state index in [2.05, 4.69) is 10.6 Å². The molecule has 1 aliphatic rings. The van der Waals surface area contributed by atoms with Gasteiger partial charge in [-0.3, -0.25) is 0 Å². The third kappa shape index (κ3) is 9.61. The van der Waals surface area contributed by atoms with Crippen LogP contribution in [0.1, 0.15) is 41.0 Å². The first kappa shape index (κ1) is 28.0. The van der Waals surface area contributed by atoms with Gasteiger partial charge in [-0.1, -0.05) is 0 Å². The molecule has 13 nitrogen and oxygen atoms in total. The Kier molecular flexibility index (Phi) is 10.2. The van der Waals surface area contributed by atoms with Crippen LogP contribution < -0.4 is 10.6 Å². The molecule has 0 radical (unpaired) electrons. The molecule has 14 heteroatoms. The van der Waals surface area contributed by atoms with Crippen molar-refractivity contribution in [2.24, 2.45) is 10.8 Å². The molecule has 1 rings (SSSR count). The molecule has 0 aromatic heterocycles. The van der Waals surface area contributed by atoms with E-state index in [0.29, 0.717) is 0 Å². The second-order valence-corrected chi connectivity index (χ2v) is 10.6. The van der Waals surface area contributed by atoms with Crippen molar-refractivity contribution in [1.29, 1.82) is 0 Å². The van der Waals surface area contributed by atoms with E-state index in [9.17, 15) is 24.1 Å². The molecule has 186 valence electrons. The molecule has 1 saturated heterocycles. The van der Waals surface area contributed by atoms with Gasteiger partial charge in [0, 0.05) is 0 Å². The Balaban J connectivity index is 2.42. The van der Waals surface area contributed by atoms with Crippen LogP contribution in [0.25, 0.3) is 0 Å². The first-order chi connectivity index (χ1) is 14.7. The average molecular weight is 484 g/mol. The number of amides is 2. The molecule has 0 saturated carbocycles. The van der Waals surface area contributed by atoms with E-state index in [1.165, 1.54) is 0 Å². The van der Waals surface area contributed by atoms with Crippen LogP contribution >= 0.6 is 8.17 Å². The minimum atomic E-state index is -4.30. The number of carboxylic acid groups (broad SMARTS) is 1. The van der Waals surface area contributed by atoms with Crippen molar-refractivity contribution in [3.8, 4) is 0 Å². The molecule has 0 aliphatic carbocycles. The molecule has 0 aromatic carbocycles. The third-order valence-electron chi connectivity index (χ3n) is 4.13. The van der Waals surface area contributed by atoms with Gasteiger partial charge >= 0.3 is 186 Å².